The molecule has 0 aromatic carbocycles. The summed E-state index contributed by atoms with van der Waals surface area (Å²) in [4.78, 5) is 4.45. The number of oxazole rings is 1. The second-order valence-corrected chi connectivity index (χ2v) is 9.30. The van der Waals surface area contributed by atoms with Crippen molar-refractivity contribution in [3.05, 3.63) is 36.1 Å². The second kappa shape index (κ2) is 5.33. The van der Waals surface area contributed by atoms with E-state index in [2.05, 4.69) is 31.0 Å². The quantitative estimate of drug-likeness (QED) is 0.733. The zero-order valence-corrected chi connectivity index (χ0v) is 15.4. The van der Waals surface area contributed by atoms with E-state index in [1.807, 2.05) is 0 Å². The van der Waals surface area contributed by atoms with Gasteiger partial charge in [-0.05, 0) is 68.1 Å². The van der Waals surface area contributed by atoms with Crippen LogP contribution in [0.5, 0.6) is 0 Å². The van der Waals surface area contributed by atoms with Crippen LogP contribution >= 0.6 is 0 Å². The Kier molecular flexibility index (Phi) is 3.38. The molecule has 6 atom stereocenters. The van der Waals surface area contributed by atoms with E-state index in [9.17, 15) is 5.11 Å². The molecule has 5 rings (SSSR count). The number of rotatable bonds is 1. The molecule has 25 heavy (non-hydrogen) atoms. The predicted molar refractivity (Wildman–Crippen MR) is 97.6 cm³/mol. The lowest BCUT2D eigenvalue weighted by atomic mass is 9.47. The van der Waals surface area contributed by atoms with Gasteiger partial charge in [0.15, 0.2) is 0 Å². The molecule has 3 heteroatoms. The minimum atomic E-state index is -0.116. The maximum absolute atomic E-state index is 10.1. The molecular formula is C22H29NO2. The molecular weight excluding hydrogens is 310 g/mol. The lowest BCUT2D eigenvalue weighted by Gasteiger charge is -2.57. The van der Waals surface area contributed by atoms with E-state index in [1.54, 1.807) is 18.0 Å². The van der Waals surface area contributed by atoms with Crippen LogP contribution in [0.2, 0.25) is 0 Å². The van der Waals surface area contributed by atoms with E-state index in [0.717, 1.165) is 43.4 Å². The zero-order chi connectivity index (χ0) is 17.2. The highest BCUT2D eigenvalue weighted by Crippen LogP contribution is 2.66. The molecule has 134 valence electrons. The Morgan fingerprint density at radius 3 is 2.72 bits per heavy atom. The average molecular weight is 339 g/mol. The summed E-state index contributed by atoms with van der Waals surface area (Å²) in [6.45, 7) is 4.94. The van der Waals surface area contributed by atoms with Gasteiger partial charge in [0.05, 0.1) is 12.3 Å². The van der Waals surface area contributed by atoms with Crippen molar-refractivity contribution < 1.29 is 9.52 Å². The average Bonchev–Trinajstić information content (AvgIpc) is 3.22. The number of nitrogens with zero attached hydrogens (tertiary/aromatic N) is 1. The topological polar surface area (TPSA) is 46.3 Å². The van der Waals surface area contributed by atoms with Gasteiger partial charge < -0.3 is 9.52 Å². The second-order valence-electron chi connectivity index (χ2n) is 9.30. The third kappa shape index (κ3) is 2.11. The predicted octanol–water partition coefficient (Wildman–Crippen LogP) is 4.99. The molecule has 0 bridgehead atoms. The lowest BCUT2D eigenvalue weighted by molar-refractivity contribution is -0.0241. The molecule has 1 aromatic rings. The van der Waals surface area contributed by atoms with Crippen molar-refractivity contribution in [2.24, 2.45) is 28.6 Å². The highest BCUT2D eigenvalue weighted by Gasteiger charge is 2.57. The summed E-state index contributed by atoms with van der Waals surface area (Å²) < 4.78 is 5.67. The van der Waals surface area contributed by atoms with Crippen LogP contribution in [-0.2, 0) is 0 Å². The number of aliphatic hydroxyl groups is 1. The van der Waals surface area contributed by atoms with Gasteiger partial charge in [-0.1, -0.05) is 31.6 Å². The number of hydrogen-bond donors (Lipinski definition) is 1. The van der Waals surface area contributed by atoms with Crippen molar-refractivity contribution >= 4 is 5.57 Å². The zero-order valence-electron chi connectivity index (χ0n) is 15.4. The Bertz CT molecular complexity index is 733. The number of fused-ring (bicyclic) bond motifs is 5. The van der Waals surface area contributed by atoms with Crippen LogP contribution in [0.4, 0.5) is 0 Å². The van der Waals surface area contributed by atoms with E-state index >= 15 is 0 Å². The molecule has 2 saturated carbocycles. The Hall–Kier alpha value is -1.35. The molecule has 0 amide bonds. The Morgan fingerprint density at radius 2 is 1.92 bits per heavy atom. The van der Waals surface area contributed by atoms with Crippen molar-refractivity contribution in [2.45, 2.75) is 64.9 Å². The van der Waals surface area contributed by atoms with Gasteiger partial charge in [-0.15, -0.1) is 0 Å². The van der Waals surface area contributed by atoms with E-state index in [4.69, 9.17) is 4.42 Å². The largest absolute Gasteiger partial charge is 0.445 e. The first-order valence-electron chi connectivity index (χ1n) is 10.0. The summed E-state index contributed by atoms with van der Waals surface area (Å²) in [5.74, 6) is 3.07. The van der Waals surface area contributed by atoms with Crippen LogP contribution < -0.4 is 0 Å². The van der Waals surface area contributed by atoms with Crippen molar-refractivity contribution in [1.29, 1.82) is 0 Å². The van der Waals surface area contributed by atoms with Gasteiger partial charge >= 0.3 is 0 Å². The van der Waals surface area contributed by atoms with Crippen LogP contribution in [-0.4, -0.2) is 16.2 Å². The number of aromatic nitrogens is 1. The van der Waals surface area contributed by atoms with Gasteiger partial charge in [0, 0.05) is 11.0 Å². The molecule has 0 radical (unpaired) electrons. The SMILES string of the molecule is C[C@]12CC[C@H](O)CC1=CC[C@@H]1[C@@H]2CC[C@]2(C)C(c3ncco3)=CC[C@@H]12. The molecule has 4 aliphatic carbocycles. The Morgan fingerprint density at radius 1 is 1.08 bits per heavy atom. The number of allylic oxidation sites excluding steroid dienone is 3. The van der Waals surface area contributed by atoms with E-state index in [-0.39, 0.29) is 11.5 Å². The molecule has 0 unspecified atom stereocenters. The van der Waals surface area contributed by atoms with Crippen LogP contribution in [0.15, 0.2) is 34.6 Å². The van der Waals surface area contributed by atoms with E-state index < -0.39 is 0 Å². The summed E-state index contributed by atoms with van der Waals surface area (Å²) in [6, 6.07) is 0. The van der Waals surface area contributed by atoms with Crippen molar-refractivity contribution in [2.75, 3.05) is 0 Å². The fraction of sp³-hybridized carbons (Fsp3) is 0.682. The first-order chi connectivity index (χ1) is 12.0. The molecule has 4 aliphatic rings. The van der Waals surface area contributed by atoms with Crippen molar-refractivity contribution in [1.82, 2.24) is 4.98 Å². The summed E-state index contributed by atoms with van der Waals surface area (Å²) in [5, 5.41) is 10.1. The first kappa shape index (κ1) is 15.9. The molecule has 0 saturated heterocycles. The van der Waals surface area contributed by atoms with E-state index in [1.165, 1.54) is 24.8 Å². The minimum Gasteiger partial charge on any atom is -0.445 e. The molecule has 0 aliphatic heterocycles. The maximum Gasteiger partial charge on any atom is 0.221 e. The third-order valence-electron chi connectivity index (χ3n) is 8.32. The number of aliphatic hydroxyl groups excluding tert-OH is 1. The Labute approximate surface area is 150 Å². The fourth-order valence-electron chi connectivity index (χ4n) is 6.90. The normalized spacial score (nSPS) is 45.9. The Balaban J connectivity index is 1.48. The monoisotopic (exact) mass is 339 g/mol. The fourth-order valence-corrected chi connectivity index (χ4v) is 6.90. The summed E-state index contributed by atoms with van der Waals surface area (Å²) in [6.07, 6.45) is 16.2. The highest BCUT2D eigenvalue weighted by atomic mass is 16.3. The van der Waals surface area contributed by atoms with Gasteiger partial charge in [0.1, 0.15) is 6.26 Å². The lowest BCUT2D eigenvalue weighted by Crippen LogP contribution is -2.49. The molecule has 3 nitrogen and oxygen atoms in total. The summed E-state index contributed by atoms with van der Waals surface area (Å²) >= 11 is 0. The van der Waals surface area contributed by atoms with Gasteiger partial charge in [-0.3, -0.25) is 0 Å². The van der Waals surface area contributed by atoms with Gasteiger partial charge in [0.25, 0.3) is 0 Å². The van der Waals surface area contributed by atoms with E-state index in [0.29, 0.717) is 11.3 Å². The van der Waals surface area contributed by atoms with Crippen LogP contribution in [0.1, 0.15) is 64.7 Å². The minimum absolute atomic E-state index is 0.116. The van der Waals surface area contributed by atoms with Crippen LogP contribution in [0, 0.1) is 28.6 Å². The van der Waals surface area contributed by atoms with Crippen molar-refractivity contribution in [3.63, 3.8) is 0 Å². The van der Waals surface area contributed by atoms with Crippen molar-refractivity contribution in [3.8, 4) is 0 Å². The summed E-state index contributed by atoms with van der Waals surface area (Å²) in [5.41, 5.74) is 3.42. The van der Waals surface area contributed by atoms with Crippen LogP contribution in [0.3, 0.4) is 0 Å². The first-order valence-corrected chi connectivity index (χ1v) is 10.0. The summed E-state index contributed by atoms with van der Waals surface area (Å²) in [7, 11) is 0. The smallest absolute Gasteiger partial charge is 0.221 e. The maximum atomic E-state index is 10.1. The highest BCUT2D eigenvalue weighted by molar-refractivity contribution is 5.67. The van der Waals surface area contributed by atoms with Gasteiger partial charge in [-0.25, -0.2) is 4.98 Å². The molecule has 1 N–H and O–H groups in total. The molecule has 1 aromatic heterocycles. The molecule has 2 fully saturated rings. The van der Waals surface area contributed by atoms with Gasteiger partial charge in [-0.2, -0.15) is 0 Å². The van der Waals surface area contributed by atoms with Crippen LogP contribution in [0.25, 0.3) is 5.57 Å². The number of hydrogen-bond acceptors (Lipinski definition) is 3. The standard InChI is InChI=1S/C22H29NO2/c1-21-9-7-15(24)13-14(21)3-4-16-17-5-6-19(20-23-11-12-25-20)22(17,2)10-8-18(16)21/h3,6,11-12,15-18,24H,4-5,7-10,13H2,1-2H3/t15-,16-,17-,18-,21-,22-/m0/s1. The third-order valence-corrected chi connectivity index (χ3v) is 8.32. The van der Waals surface area contributed by atoms with Gasteiger partial charge in [0.2, 0.25) is 5.89 Å². The molecule has 0 spiro atoms. The molecule has 1 heterocycles.